The Labute approximate surface area is 81.5 Å². The lowest BCUT2D eigenvalue weighted by Gasteiger charge is -1.99. The van der Waals surface area contributed by atoms with Gasteiger partial charge in [-0.2, -0.15) is 0 Å². The van der Waals surface area contributed by atoms with Gasteiger partial charge in [0.25, 0.3) is 0 Å². The highest BCUT2D eigenvalue weighted by Gasteiger charge is 1.90. The van der Waals surface area contributed by atoms with Gasteiger partial charge < -0.3 is 5.11 Å². The third-order valence-corrected chi connectivity index (χ3v) is 1.82. The van der Waals surface area contributed by atoms with Gasteiger partial charge in [0.05, 0.1) is 6.61 Å². The topological polar surface area (TPSA) is 20.2 Å². The lowest BCUT2D eigenvalue weighted by atomic mass is 10.1. The highest BCUT2D eigenvalue weighted by Crippen LogP contribution is 2.09. The molecule has 0 aromatic heterocycles. The second-order valence-corrected chi connectivity index (χ2v) is 3.07. The van der Waals surface area contributed by atoms with Crippen molar-refractivity contribution in [1.29, 1.82) is 0 Å². The van der Waals surface area contributed by atoms with Crippen molar-refractivity contribution in [3.05, 3.63) is 36.5 Å². The summed E-state index contributed by atoms with van der Waals surface area (Å²) in [6.07, 6.45) is 12.2. The fourth-order valence-electron chi connectivity index (χ4n) is 1.05. The van der Waals surface area contributed by atoms with E-state index in [2.05, 4.69) is 18.7 Å². The number of hydrogen-bond acceptors (Lipinski definition) is 1. The summed E-state index contributed by atoms with van der Waals surface area (Å²) in [5.74, 6) is 0. The maximum atomic E-state index is 8.48. The molecule has 0 bridgehead atoms. The van der Waals surface area contributed by atoms with Gasteiger partial charge in [0.2, 0.25) is 0 Å². The van der Waals surface area contributed by atoms with Crippen molar-refractivity contribution in [3.8, 4) is 0 Å². The van der Waals surface area contributed by atoms with E-state index >= 15 is 0 Å². The van der Waals surface area contributed by atoms with Gasteiger partial charge in [-0.25, -0.2) is 0 Å². The molecule has 0 radical (unpaired) electrons. The Hall–Kier alpha value is -0.820. The molecule has 0 aliphatic rings. The van der Waals surface area contributed by atoms with Crippen molar-refractivity contribution < 1.29 is 5.11 Å². The summed E-state index contributed by atoms with van der Waals surface area (Å²) in [6.45, 7) is 6.16. The lowest BCUT2D eigenvalue weighted by molar-refractivity contribution is 0.342. The average molecular weight is 180 g/mol. The smallest absolute Gasteiger partial charge is 0.0612 e. The second-order valence-electron chi connectivity index (χ2n) is 3.07. The minimum atomic E-state index is 0.152. The molecule has 0 aromatic rings. The molecule has 0 heterocycles. The summed E-state index contributed by atoms with van der Waals surface area (Å²) in [6, 6.07) is 0. The zero-order chi connectivity index (χ0) is 9.94. The summed E-state index contributed by atoms with van der Waals surface area (Å²) < 4.78 is 0. The molecule has 0 amide bonds. The minimum Gasteiger partial charge on any atom is -0.392 e. The van der Waals surface area contributed by atoms with Gasteiger partial charge in [0, 0.05) is 0 Å². The second kappa shape index (κ2) is 9.27. The zero-order valence-electron chi connectivity index (χ0n) is 8.50. The summed E-state index contributed by atoms with van der Waals surface area (Å²) in [5, 5.41) is 8.48. The first-order valence-electron chi connectivity index (χ1n) is 4.85. The maximum Gasteiger partial charge on any atom is 0.0612 e. The van der Waals surface area contributed by atoms with Crippen LogP contribution < -0.4 is 0 Å². The van der Waals surface area contributed by atoms with Gasteiger partial charge in [-0.3, -0.25) is 0 Å². The van der Waals surface area contributed by atoms with Crippen LogP contribution in [0.2, 0.25) is 0 Å². The molecule has 0 saturated heterocycles. The quantitative estimate of drug-likeness (QED) is 0.471. The number of aliphatic hydroxyl groups is 1. The van der Waals surface area contributed by atoms with Gasteiger partial charge in [-0.1, -0.05) is 36.5 Å². The molecule has 0 atom stereocenters. The molecule has 0 saturated carbocycles. The number of aliphatic hydroxyl groups excluding tert-OH is 1. The molecular formula is C12H20O. The average Bonchev–Trinajstić information content (AvgIpc) is 2.14. The molecule has 0 unspecified atom stereocenters. The predicted octanol–water partition coefficient (Wildman–Crippen LogP) is 3.23. The van der Waals surface area contributed by atoms with E-state index in [9.17, 15) is 0 Å². The Morgan fingerprint density at radius 3 is 2.69 bits per heavy atom. The first kappa shape index (κ1) is 12.2. The van der Waals surface area contributed by atoms with E-state index in [1.54, 1.807) is 6.08 Å². The van der Waals surface area contributed by atoms with Crippen molar-refractivity contribution in [1.82, 2.24) is 0 Å². The molecule has 0 aliphatic heterocycles. The minimum absolute atomic E-state index is 0.152. The number of hydrogen-bond donors (Lipinski definition) is 1. The Kier molecular flexibility index (Phi) is 8.68. The van der Waals surface area contributed by atoms with Crippen LogP contribution in [0.5, 0.6) is 0 Å². The van der Waals surface area contributed by atoms with Crippen LogP contribution in [0.3, 0.4) is 0 Å². The van der Waals surface area contributed by atoms with E-state index in [-0.39, 0.29) is 6.61 Å². The number of unbranched alkanes of at least 4 members (excludes halogenated alkanes) is 1. The Bertz CT molecular complexity index is 178. The molecule has 1 nitrogen and oxygen atoms in total. The predicted molar refractivity (Wildman–Crippen MR) is 58.6 cm³/mol. The fraction of sp³-hybridized carbons (Fsp3) is 0.500. The van der Waals surface area contributed by atoms with E-state index in [4.69, 9.17) is 5.11 Å². The molecular weight excluding hydrogens is 160 g/mol. The van der Waals surface area contributed by atoms with Crippen LogP contribution >= 0.6 is 0 Å². The maximum absolute atomic E-state index is 8.48. The van der Waals surface area contributed by atoms with Crippen molar-refractivity contribution in [3.63, 3.8) is 0 Å². The Morgan fingerprint density at radius 2 is 2.08 bits per heavy atom. The molecule has 0 spiro atoms. The largest absolute Gasteiger partial charge is 0.392 e. The fourth-order valence-corrected chi connectivity index (χ4v) is 1.05. The first-order valence-corrected chi connectivity index (χ1v) is 4.85. The van der Waals surface area contributed by atoms with E-state index < -0.39 is 0 Å². The van der Waals surface area contributed by atoms with E-state index in [0.29, 0.717) is 0 Å². The van der Waals surface area contributed by atoms with Gasteiger partial charge >= 0.3 is 0 Å². The Balaban J connectivity index is 3.31. The van der Waals surface area contributed by atoms with Crippen molar-refractivity contribution >= 4 is 0 Å². The van der Waals surface area contributed by atoms with Crippen LogP contribution in [0, 0.1) is 0 Å². The van der Waals surface area contributed by atoms with Crippen LogP contribution in [0.25, 0.3) is 0 Å². The van der Waals surface area contributed by atoms with Gasteiger partial charge in [0.1, 0.15) is 0 Å². The first-order chi connectivity index (χ1) is 6.31. The SMILES string of the molecule is C=C(C/C=C/C)CCC/C=C/CO. The highest BCUT2D eigenvalue weighted by molar-refractivity contribution is 5.01. The van der Waals surface area contributed by atoms with Gasteiger partial charge in [-0.05, 0) is 32.6 Å². The number of allylic oxidation sites excluding steroid dienone is 4. The van der Waals surface area contributed by atoms with Crippen molar-refractivity contribution in [2.75, 3.05) is 6.61 Å². The Morgan fingerprint density at radius 1 is 1.31 bits per heavy atom. The highest BCUT2D eigenvalue weighted by atomic mass is 16.2. The van der Waals surface area contributed by atoms with E-state index in [1.807, 2.05) is 13.0 Å². The van der Waals surface area contributed by atoms with Crippen LogP contribution in [-0.4, -0.2) is 11.7 Å². The normalized spacial score (nSPS) is 11.5. The van der Waals surface area contributed by atoms with E-state index in [0.717, 1.165) is 25.7 Å². The molecule has 0 fully saturated rings. The molecule has 1 heteroatoms. The van der Waals surface area contributed by atoms with Crippen LogP contribution in [0.4, 0.5) is 0 Å². The van der Waals surface area contributed by atoms with E-state index in [1.165, 1.54) is 5.57 Å². The molecule has 1 N–H and O–H groups in total. The third-order valence-electron chi connectivity index (χ3n) is 1.82. The van der Waals surface area contributed by atoms with Crippen molar-refractivity contribution in [2.45, 2.75) is 32.6 Å². The van der Waals surface area contributed by atoms with Crippen LogP contribution in [0.15, 0.2) is 36.5 Å². The summed E-state index contributed by atoms with van der Waals surface area (Å²) in [5.41, 5.74) is 1.29. The van der Waals surface area contributed by atoms with Crippen LogP contribution in [0.1, 0.15) is 32.6 Å². The number of rotatable bonds is 7. The monoisotopic (exact) mass is 180 g/mol. The zero-order valence-corrected chi connectivity index (χ0v) is 8.50. The molecule has 0 aromatic carbocycles. The van der Waals surface area contributed by atoms with Gasteiger partial charge in [-0.15, -0.1) is 0 Å². The molecule has 0 aliphatic carbocycles. The van der Waals surface area contributed by atoms with Crippen molar-refractivity contribution in [2.24, 2.45) is 0 Å². The summed E-state index contributed by atoms with van der Waals surface area (Å²) >= 11 is 0. The lowest BCUT2D eigenvalue weighted by Crippen LogP contribution is -1.80. The standard InChI is InChI=1S/C12H20O/c1-3-4-9-12(2)10-7-5-6-8-11-13/h3-4,6,8,13H,2,5,7,9-11H2,1H3/b4-3+,8-6+. The molecule has 0 rings (SSSR count). The molecule has 74 valence electrons. The summed E-state index contributed by atoms with van der Waals surface area (Å²) in [4.78, 5) is 0. The third kappa shape index (κ3) is 9.09. The summed E-state index contributed by atoms with van der Waals surface area (Å²) in [7, 11) is 0. The van der Waals surface area contributed by atoms with Crippen LogP contribution in [-0.2, 0) is 0 Å². The molecule has 13 heavy (non-hydrogen) atoms. The van der Waals surface area contributed by atoms with Gasteiger partial charge in [0.15, 0.2) is 0 Å².